The fraction of sp³-hybridized carbons (Fsp3) is 0.235. The van der Waals surface area contributed by atoms with Crippen LogP contribution in [0.1, 0.15) is 17.5 Å². The van der Waals surface area contributed by atoms with E-state index in [0.29, 0.717) is 19.4 Å². The molecule has 0 fully saturated rings. The van der Waals surface area contributed by atoms with Crippen molar-refractivity contribution in [2.24, 2.45) is 0 Å². The minimum absolute atomic E-state index is 0.155. The molecule has 2 aromatic carbocycles. The lowest BCUT2D eigenvalue weighted by molar-refractivity contribution is -0.143. The van der Waals surface area contributed by atoms with Gasteiger partial charge in [0, 0.05) is 18.5 Å². The second-order valence-corrected chi connectivity index (χ2v) is 4.70. The summed E-state index contributed by atoms with van der Waals surface area (Å²) in [6.07, 6.45) is 1.84. The third-order valence-corrected chi connectivity index (χ3v) is 3.09. The number of nitrogen functional groups attached to an aromatic ring is 1. The van der Waals surface area contributed by atoms with Gasteiger partial charge in [-0.2, -0.15) is 0 Å². The summed E-state index contributed by atoms with van der Waals surface area (Å²) in [7, 11) is 0. The average Bonchev–Trinajstić information content (AvgIpc) is 2.48. The van der Waals surface area contributed by atoms with E-state index >= 15 is 0 Å². The van der Waals surface area contributed by atoms with E-state index in [-0.39, 0.29) is 5.97 Å². The van der Waals surface area contributed by atoms with E-state index in [0.717, 1.165) is 17.7 Å². The van der Waals surface area contributed by atoms with Crippen molar-refractivity contribution in [1.29, 1.82) is 0 Å². The molecule has 0 aliphatic heterocycles. The van der Waals surface area contributed by atoms with Gasteiger partial charge in [-0.05, 0) is 29.7 Å². The predicted octanol–water partition coefficient (Wildman–Crippen LogP) is 2.99. The zero-order chi connectivity index (χ0) is 14.2. The molecule has 0 aliphatic carbocycles. The Morgan fingerprint density at radius 3 is 2.25 bits per heavy atom. The summed E-state index contributed by atoms with van der Waals surface area (Å²) >= 11 is 0. The number of benzene rings is 2. The number of hydrogen-bond donors (Lipinski definition) is 1. The lowest BCUT2D eigenvalue weighted by Gasteiger charge is -2.05. The average molecular weight is 269 g/mol. The van der Waals surface area contributed by atoms with Crippen LogP contribution in [0, 0.1) is 0 Å². The Balaban J connectivity index is 1.67. The third kappa shape index (κ3) is 4.76. The highest BCUT2D eigenvalue weighted by Crippen LogP contribution is 2.08. The van der Waals surface area contributed by atoms with Crippen LogP contribution >= 0.6 is 0 Å². The second kappa shape index (κ2) is 7.34. The Morgan fingerprint density at radius 2 is 1.55 bits per heavy atom. The highest BCUT2D eigenvalue weighted by molar-refractivity contribution is 5.69. The van der Waals surface area contributed by atoms with Gasteiger partial charge in [0.2, 0.25) is 0 Å². The van der Waals surface area contributed by atoms with E-state index in [9.17, 15) is 4.79 Å². The van der Waals surface area contributed by atoms with E-state index in [1.165, 1.54) is 5.56 Å². The number of hydrogen-bond acceptors (Lipinski definition) is 3. The number of carbonyl (C=O) groups is 1. The number of anilines is 1. The quantitative estimate of drug-likeness (QED) is 0.648. The van der Waals surface area contributed by atoms with Crippen LogP contribution in [0.2, 0.25) is 0 Å². The van der Waals surface area contributed by atoms with Gasteiger partial charge in [0.15, 0.2) is 0 Å². The summed E-state index contributed by atoms with van der Waals surface area (Å²) in [6.45, 7) is 0.435. The molecule has 2 rings (SSSR count). The van der Waals surface area contributed by atoms with E-state index in [1.54, 1.807) is 0 Å². The first-order valence-electron chi connectivity index (χ1n) is 6.78. The molecule has 0 spiro atoms. The van der Waals surface area contributed by atoms with Crippen LogP contribution in [0.4, 0.5) is 5.69 Å². The van der Waals surface area contributed by atoms with Crippen molar-refractivity contribution in [2.75, 3.05) is 12.3 Å². The summed E-state index contributed by atoms with van der Waals surface area (Å²) in [4.78, 5) is 11.6. The van der Waals surface area contributed by atoms with Crippen LogP contribution in [-0.4, -0.2) is 12.6 Å². The van der Waals surface area contributed by atoms with Crippen LogP contribution in [0.25, 0.3) is 0 Å². The van der Waals surface area contributed by atoms with Crippen molar-refractivity contribution >= 4 is 11.7 Å². The first kappa shape index (κ1) is 14.1. The van der Waals surface area contributed by atoms with E-state index in [4.69, 9.17) is 10.5 Å². The van der Waals surface area contributed by atoms with Crippen LogP contribution in [0.3, 0.4) is 0 Å². The molecular weight excluding hydrogens is 250 g/mol. The summed E-state index contributed by atoms with van der Waals surface area (Å²) in [5, 5.41) is 0. The van der Waals surface area contributed by atoms with E-state index < -0.39 is 0 Å². The molecule has 0 heterocycles. The SMILES string of the molecule is Nc1ccc(CCC(=O)OCCc2ccccc2)cc1. The largest absolute Gasteiger partial charge is 0.465 e. The van der Waals surface area contributed by atoms with Crippen LogP contribution < -0.4 is 5.73 Å². The highest BCUT2D eigenvalue weighted by Gasteiger charge is 2.04. The molecule has 0 bridgehead atoms. The molecule has 0 aromatic heterocycles. The monoisotopic (exact) mass is 269 g/mol. The molecule has 0 atom stereocenters. The van der Waals surface area contributed by atoms with Gasteiger partial charge in [-0.25, -0.2) is 0 Å². The number of nitrogens with two attached hydrogens (primary N) is 1. The Morgan fingerprint density at radius 1 is 0.900 bits per heavy atom. The molecule has 2 aromatic rings. The molecule has 20 heavy (non-hydrogen) atoms. The molecule has 0 unspecified atom stereocenters. The molecule has 0 aliphatic rings. The predicted molar refractivity (Wildman–Crippen MR) is 80.3 cm³/mol. The summed E-state index contributed by atoms with van der Waals surface area (Å²) in [5.41, 5.74) is 8.62. The van der Waals surface area contributed by atoms with Crippen LogP contribution in [0.5, 0.6) is 0 Å². The van der Waals surface area contributed by atoms with Crippen LogP contribution in [0.15, 0.2) is 54.6 Å². The van der Waals surface area contributed by atoms with Gasteiger partial charge in [0.05, 0.1) is 6.61 Å². The van der Waals surface area contributed by atoms with E-state index in [2.05, 4.69) is 0 Å². The van der Waals surface area contributed by atoms with Gasteiger partial charge in [0.25, 0.3) is 0 Å². The fourth-order valence-electron chi connectivity index (χ4n) is 1.93. The first-order chi connectivity index (χ1) is 9.74. The van der Waals surface area contributed by atoms with Crippen molar-refractivity contribution in [2.45, 2.75) is 19.3 Å². The van der Waals surface area contributed by atoms with Crippen molar-refractivity contribution in [1.82, 2.24) is 0 Å². The number of rotatable bonds is 6. The molecule has 3 nitrogen and oxygen atoms in total. The smallest absolute Gasteiger partial charge is 0.306 e. The van der Waals surface area contributed by atoms with Crippen molar-refractivity contribution in [3.05, 3.63) is 65.7 Å². The summed E-state index contributed by atoms with van der Waals surface area (Å²) in [6, 6.07) is 17.6. The number of carbonyl (C=O) groups excluding carboxylic acids is 1. The molecule has 0 saturated carbocycles. The molecular formula is C17H19NO2. The summed E-state index contributed by atoms with van der Waals surface area (Å²) < 4.78 is 5.23. The third-order valence-electron chi connectivity index (χ3n) is 3.09. The Bertz CT molecular complexity index is 535. The minimum Gasteiger partial charge on any atom is -0.465 e. The van der Waals surface area contributed by atoms with Crippen molar-refractivity contribution < 1.29 is 9.53 Å². The maximum absolute atomic E-state index is 11.6. The van der Waals surface area contributed by atoms with Gasteiger partial charge in [-0.1, -0.05) is 42.5 Å². The first-order valence-corrected chi connectivity index (χ1v) is 6.78. The van der Waals surface area contributed by atoms with Crippen molar-refractivity contribution in [3.8, 4) is 0 Å². The normalized spacial score (nSPS) is 10.2. The Kier molecular flexibility index (Phi) is 5.18. The summed E-state index contributed by atoms with van der Waals surface area (Å²) in [5.74, 6) is -0.155. The van der Waals surface area contributed by atoms with Crippen LogP contribution in [-0.2, 0) is 22.4 Å². The molecule has 0 radical (unpaired) electrons. The zero-order valence-corrected chi connectivity index (χ0v) is 11.4. The standard InChI is InChI=1S/C17H19NO2/c18-16-9-6-15(7-10-16)8-11-17(19)20-13-12-14-4-2-1-3-5-14/h1-7,9-10H,8,11-13,18H2. The Hall–Kier alpha value is -2.29. The number of esters is 1. The maximum atomic E-state index is 11.6. The van der Waals surface area contributed by atoms with Gasteiger partial charge in [0.1, 0.15) is 0 Å². The molecule has 0 saturated heterocycles. The van der Waals surface area contributed by atoms with Gasteiger partial charge < -0.3 is 10.5 Å². The van der Waals surface area contributed by atoms with Crippen molar-refractivity contribution in [3.63, 3.8) is 0 Å². The van der Waals surface area contributed by atoms with Gasteiger partial charge >= 0.3 is 5.97 Å². The molecule has 2 N–H and O–H groups in total. The Labute approximate surface area is 119 Å². The van der Waals surface area contributed by atoms with Gasteiger partial charge in [-0.3, -0.25) is 4.79 Å². The second-order valence-electron chi connectivity index (χ2n) is 4.70. The number of ether oxygens (including phenoxy) is 1. The van der Waals surface area contributed by atoms with E-state index in [1.807, 2.05) is 54.6 Å². The molecule has 104 valence electrons. The lowest BCUT2D eigenvalue weighted by atomic mass is 10.1. The maximum Gasteiger partial charge on any atom is 0.306 e. The molecule has 3 heteroatoms. The number of aryl methyl sites for hydroxylation is 1. The molecule has 0 amide bonds. The fourth-order valence-corrected chi connectivity index (χ4v) is 1.93. The lowest BCUT2D eigenvalue weighted by Crippen LogP contribution is -2.08. The highest BCUT2D eigenvalue weighted by atomic mass is 16.5. The topological polar surface area (TPSA) is 52.3 Å². The van der Waals surface area contributed by atoms with Gasteiger partial charge in [-0.15, -0.1) is 0 Å². The zero-order valence-electron chi connectivity index (χ0n) is 11.4. The minimum atomic E-state index is -0.155.